The quantitative estimate of drug-likeness (QED) is 0.256. The van der Waals surface area contributed by atoms with Crippen LogP contribution in [0.2, 0.25) is 0 Å². The van der Waals surface area contributed by atoms with Crippen LogP contribution in [0.25, 0.3) is 0 Å². The third-order valence-corrected chi connectivity index (χ3v) is 0.996. The number of carbonyl (C=O) groups excluding carboxylic acids is 4. The second-order valence-corrected chi connectivity index (χ2v) is 3.32. The number of hydrogen-bond acceptors (Lipinski definition) is 8. The molecule has 10 nitrogen and oxygen atoms in total. The predicted octanol–water partition coefficient (Wildman–Crippen LogP) is -1.61. The zero-order valence-electron chi connectivity index (χ0n) is 13.0. The van der Waals surface area contributed by atoms with Crippen LogP contribution in [0.3, 0.4) is 0 Å². The topological polar surface area (TPSA) is 168 Å². The Morgan fingerprint density at radius 3 is 0.773 bits per heavy atom. The molecule has 0 amide bonds. The summed E-state index contributed by atoms with van der Waals surface area (Å²) in [4.78, 5) is 56.4. The van der Waals surface area contributed by atoms with E-state index in [-0.39, 0.29) is 82.3 Å². The van der Waals surface area contributed by atoms with Crippen molar-refractivity contribution in [3.8, 4) is 0 Å². The number of ketones is 4. The zero-order valence-corrected chi connectivity index (χ0v) is 16.0. The van der Waals surface area contributed by atoms with Crippen molar-refractivity contribution in [3.05, 3.63) is 9.81 Å². The summed E-state index contributed by atoms with van der Waals surface area (Å²) in [5, 5.41) is 15.8. The molecular weight excluding hydrogens is 358 g/mol. The maximum atomic E-state index is 10.0. The smallest absolute Gasteiger partial charge is 0.379 e. The molecule has 125 valence electrons. The molecule has 12 heteroatoms. The monoisotopic (exact) mass is 376 g/mol. The van der Waals surface area contributed by atoms with Gasteiger partial charge in [0.25, 0.3) is 0 Å². The Bertz CT molecular complexity index is 283. The molecule has 1 radical (unpaired) electrons. The minimum Gasteiger partial charge on any atom is -0.379 e. The number of nitrogens with zero attached hydrogens (tertiary/aromatic N) is 2. The van der Waals surface area contributed by atoms with Crippen LogP contribution in [0.1, 0.15) is 40.5 Å². The Morgan fingerprint density at radius 2 is 0.773 bits per heavy atom. The number of rotatable bonds is 4. The van der Waals surface area contributed by atoms with E-state index in [0.29, 0.717) is 0 Å². The SMILES string of the molecule is CC(=O)CC(C)=O.CC(=O)CC(C)=O.O=NO.O=NO.[Co].[Na+]. The second kappa shape index (κ2) is 32.1. The molecule has 0 rings (SSSR count). The van der Waals surface area contributed by atoms with Crippen LogP contribution >= 0.6 is 0 Å². The fourth-order valence-corrected chi connectivity index (χ4v) is 0.701. The first-order valence-electron chi connectivity index (χ1n) is 5.00. The molecule has 0 unspecified atom stereocenters. The predicted molar refractivity (Wildman–Crippen MR) is 67.1 cm³/mol. The Labute approximate surface area is 159 Å². The van der Waals surface area contributed by atoms with Crippen LogP contribution < -0.4 is 29.6 Å². The van der Waals surface area contributed by atoms with Gasteiger partial charge in [0.2, 0.25) is 0 Å². The van der Waals surface area contributed by atoms with Crippen LogP contribution in [0.15, 0.2) is 10.7 Å². The van der Waals surface area contributed by atoms with Gasteiger partial charge in [0.1, 0.15) is 23.1 Å². The fourth-order valence-electron chi connectivity index (χ4n) is 0.701. The molecule has 0 saturated heterocycles. The van der Waals surface area contributed by atoms with E-state index in [4.69, 9.17) is 20.2 Å². The van der Waals surface area contributed by atoms with E-state index < -0.39 is 0 Å². The van der Waals surface area contributed by atoms with Crippen molar-refractivity contribution in [2.75, 3.05) is 0 Å². The Morgan fingerprint density at radius 1 is 0.682 bits per heavy atom. The molecule has 0 bridgehead atoms. The Balaban J connectivity index is -0.0000000404. The van der Waals surface area contributed by atoms with E-state index in [1.165, 1.54) is 38.4 Å². The molecule has 0 spiro atoms. The molecule has 0 heterocycles. The van der Waals surface area contributed by atoms with Gasteiger partial charge in [-0.05, 0) is 27.7 Å². The van der Waals surface area contributed by atoms with Crippen LogP contribution in [0, 0.1) is 9.81 Å². The average molecular weight is 376 g/mol. The van der Waals surface area contributed by atoms with Crippen LogP contribution in [0.5, 0.6) is 0 Å². The maximum Gasteiger partial charge on any atom is 1.00 e. The zero-order chi connectivity index (χ0) is 17.1. The van der Waals surface area contributed by atoms with E-state index in [2.05, 4.69) is 0 Å². The number of Topliss-reactive ketones (excluding diaryl/α,β-unsaturated/α-hetero) is 4. The third-order valence-electron chi connectivity index (χ3n) is 0.996. The second-order valence-electron chi connectivity index (χ2n) is 3.32. The standard InChI is InChI=1S/2C5H8O2.Co.2HNO2.Na/c2*1-4(6)3-5(2)7;;2*2-1-3;/h2*3H2,1-2H3;;2*(H,2,3);/q;;;;;+1. The molecular formula is C10H18CoN2NaO8+. The first-order chi connectivity index (χ1) is 9.08. The van der Waals surface area contributed by atoms with Crippen LogP contribution in [-0.2, 0) is 36.0 Å². The van der Waals surface area contributed by atoms with Gasteiger partial charge in [0.15, 0.2) is 10.7 Å². The average Bonchev–Trinajstić information content (AvgIpc) is 2.15. The molecule has 0 aromatic carbocycles. The van der Waals surface area contributed by atoms with E-state index in [0.717, 1.165) is 0 Å². The van der Waals surface area contributed by atoms with Crippen LogP contribution in [-0.4, -0.2) is 33.5 Å². The van der Waals surface area contributed by atoms with Crippen LogP contribution in [0.4, 0.5) is 0 Å². The summed E-state index contributed by atoms with van der Waals surface area (Å²) in [5.41, 5.74) is 0. The summed E-state index contributed by atoms with van der Waals surface area (Å²) < 4.78 is 0. The van der Waals surface area contributed by atoms with Crippen molar-refractivity contribution in [3.63, 3.8) is 0 Å². The van der Waals surface area contributed by atoms with E-state index >= 15 is 0 Å². The molecule has 0 aromatic heterocycles. The Hall–Kier alpha value is -1.01. The third kappa shape index (κ3) is 126. The van der Waals surface area contributed by atoms with Crippen molar-refractivity contribution in [2.24, 2.45) is 10.7 Å². The maximum absolute atomic E-state index is 10.0. The molecule has 0 atom stereocenters. The van der Waals surface area contributed by atoms with E-state index in [1.807, 2.05) is 0 Å². The Kier molecular flexibility index (Phi) is 54.4. The summed E-state index contributed by atoms with van der Waals surface area (Å²) in [6.45, 7) is 5.62. The summed E-state index contributed by atoms with van der Waals surface area (Å²) in [6.07, 6.45) is 0.167. The molecule has 22 heavy (non-hydrogen) atoms. The molecule has 2 N–H and O–H groups in total. The van der Waals surface area contributed by atoms with Crippen molar-refractivity contribution in [1.82, 2.24) is 0 Å². The van der Waals surface area contributed by atoms with Gasteiger partial charge in [0, 0.05) is 16.8 Å². The van der Waals surface area contributed by atoms with Gasteiger partial charge in [-0.1, -0.05) is 0 Å². The van der Waals surface area contributed by atoms with E-state index in [1.54, 1.807) is 0 Å². The summed E-state index contributed by atoms with van der Waals surface area (Å²) in [6, 6.07) is 0. The fraction of sp³-hybridized carbons (Fsp3) is 0.600. The van der Waals surface area contributed by atoms with Gasteiger partial charge in [-0.2, -0.15) is 0 Å². The van der Waals surface area contributed by atoms with Crippen molar-refractivity contribution >= 4 is 23.1 Å². The molecule has 0 saturated carbocycles. The van der Waals surface area contributed by atoms with Gasteiger partial charge >= 0.3 is 29.6 Å². The normalized spacial score (nSPS) is 6.36. The first kappa shape index (κ1) is 37.3. The number of carbonyl (C=O) groups is 4. The first-order valence-corrected chi connectivity index (χ1v) is 5.00. The minimum absolute atomic E-state index is 0. The molecule has 0 aliphatic carbocycles. The van der Waals surface area contributed by atoms with Gasteiger partial charge in [0.05, 0.1) is 12.8 Å². The van der Waals surface area contributed by atoms with Crippen molar-refractivity contribution < 1.29 is 75.9 Å². The minimum atomic E-state index is -0.0625. The van der Waals surface area contributed by atoms with Crippen molar-refractivity contribution in [2.45, 2.75) is 40.5 Å². The molecule has 0 aromatic rings. The van der Waals surface area contributed by atoms with E-state index in [9.17, 15) is 19.2 Å². The number of hydrogen-bond donors (Lipinski definition) is 2. The van der Waals surface area contributed by atoms with Crippen molar-refractivity contribution in [1.29, 1.82) is 0 Å². The summed E-state index contributed by atoms with van der Waals surface area (Å²) in [5.74, 6) is -0.250. The molecule has 0 aliphatic heterocycles. The molecule has 0 fully saturated rings. The van der Waals surface area contributed by atoms with Gasteiger partial charge < -0.3 is 10.4 Å². The van der Waals surface area contributed by atoms with Gasteiger partial charge in [-0.15, -0.1) is 9.81 Å². The summed E-state index contributed by atoms with van der Waals surface area (Å²) >= 11 is 0. The molecule has 0 aliphatic rings. The van der Waals surface area contributed by atoms with Gasteiger partial charge in [-0.25, -0.2) is 0 Å². The van der Waals surface area contributed by atoms with Gasteiger partial charge in [-0.3, -0.25) is 19.2 Å². The largest absolute Gasteiger partial charge is 1.00 e. The summed E-state index contributed by atoms with van der Waals surface area (Å²) in [7, 11) is 0.